The molecule has 0 fully saturated rings. The Bertz CT molecular complexity index is 184. The smallest absolute Gasteiger partial charge is 0.349 e. The summed E-state index contributed by atoms with van der Waals surface area (Å²) in [7, 11) is 1.15. The highest BCUT2D eigenvalue weighted by molar-refractivity contribution is 7.84. The lowest BCUT2D eigenvalue weighted by Gasteiger charge is -1.96. The lowest BCUT2D eigenvalue weighted by Crippen LogP contribution is -2.08. The van der Waals surface area contributed by atoms with Crippen molar-refractivity contribution in [2.45, 2.75) is 6.92 Å². The van der Waals surface area contributed by atoms with E-state index in [9.17, 15) is 9.00 Å². The van der Waals surface area contributed by atoms with Gasteiger partial charge in [-0.1, -0.05) is 6.08 Å². The Morgan fingerprint density at radius 1 is 1.70 bits per heavy atom. The van der Waals surface area contributed by atoms with Crippen molar-refractivity contribution in [3.8, 4) is 0 Å². The number of rotatable bonds is 2. The second-order valence-electron chi connectivity index (χ2n) is 1.39. The van der Waals surface area contributed by atoms with E-state index in [2.05, 4.69) is 4.74 Å². The molecule has 58 valence electrons. The first-order valence-corrected chi connectivity index (χ1v) is 3.59. The number of carbonyl (C=O) groups is 1. The molecule has 0 aromatic heterocycles. The van der Waals surface area contributed by atoms with E-state index in [0.717, 1.165) is 7.11 Å². The Labute approximate surface area is 61.2 Å². The van der Waals surface area contributed by atoms with Crippen LogP contribution in [-0.4, -0.2) is 21.8 Å². The van der Waals surface area contributed by atoms with Crippen LogP contribution in [0.15, 0.2) is 11.0 Å². The maximum absolute atomic E-state index is 10.5. The number of hydrogen-bond acceptors (Lipinski definition) is 3. The van der Waals surface area contributed by atoms with Gasteiger partial charge in [0.2, 0.25) is 0 Å². The van der Waals surface area contributed by atoms with E-state index >= 15 is 0 Å². The molecule has 0 bridgehead atoms. The van der Waals surface area contributed by atoms with Gasteiger partial charge < -0.3 is 9.29 Å². The molecule has 0 aliphatic heterocycles. The van der Waals surface area contributed by atoms with Crippen LogP contribution in [0.3, 0.4) is 0 Å². The van der Waals surface area contributed by atoms with Gasteiger partial charge in [-0.3, -0.25) is 0 Å². The molecule has 1 N–H and O–H groups in total. The van der Waals surface area contributed by atoms with E-state index < -0.39 is 17.0 Å². The summed E-state index contributed by atoms with van der Waals surface area (Å²) in [5, 5.41) is 0. The summed E-state index contributed by atoms with van der Waals surface area (Å²) in [4.78, 5) is 10.3. The van der Waals surface area contributed by atoms with Crippen LogP contribution in [0.25, 0.3) is 0 Å². The van der Waals surface area contributed by atoms with Gasteiger partial charge in [-0.2, -0.15) is 0 Å². The van der Waals surface area contributed by atoms with Gasteiger partial charge in [0.15, 0.2) is 11.1 Å². The van der Waals surface area contributed by atoms with E-state index in [1.54, 1.807) is 0 Å². The first-order valence-electron chi connectivity index (χ1n) is 2.49. The maximum atomic E-state index is 10.5. The molecule has 0 heterocycles. The molecule has 5 heteroatoms. The second kappa shape index (κ2) is 4.19. The van der Waals surface area contributed by atoms with E-state index in [0.29, 0.717) is 0 Å². The van der Waals surface area contributed by atoms with E-state index in [1.165, 1.54) is 13.0 Å². The minimum Gasteiger partial charge on any atom is -0.465 e. The summed E-state index contributed by atoms with van der Waals surface area (Å²) in [6.07, 6.45) is 1.24. The summed E-state index contributed by atoms with van der Waals surface area (Å²) < 4.78 is 22.9. The molecule has 1 unspecified atom stereocenters. The van der Waals surface area contributed by atoms with Gasteiger partial charge in [0.05, 0.1) is 7.11 Å². The Balaban J connectivity index is 4.39. The van der Waals surface area contributed by atoms with Crippen LogP contribution in [0.1, 0.15) is 6.92 Å². The van der Waals surface area contributed by atoms with Gasteiger partial charge in [-0.15, -0.1) is 0 Å². The Morgan fingerprint density at radius 3 is 2.30 bits per heavy atom. The van der Waals surface area contributed by atoms with Crippen molar-refractivity contribution in [2.24, 2.45) is 0 Å². The van der Waals surface area contributed by atoms with Gasteiger partial charge in [0, 0.05) is 0 Å². The molecule has 0 amide bonds. The number of carbonyl (C=O) groups excluding carboxylic acids is 1. The van der Waals surface area contributed by atoms with Crippen LogP contribution in [0.4, 0.5) is 0 Å². The second-order valence-corrected chi connectivity index (χ2v) is 2.33. The largest absolute Gasteiger partial charge is 0.465 e. The highest BCUT2D eigenvalue weighted by Crippen LogP contribution is 2.00. The zero-order chi connectivity index (χ0) is 8.15. The number of esters is 1. The zero-order valence-electron chi connectivity index (χ0n) is 5.66. The van der Waals surface area contributed by atoms with Crippen molar-refractivity contribution < 1.29 is 18.3 Å². The third-order valence-corrected chi connectivity index (χ3v) is 1.62. The number of ether oxygens (including phenoxy) is 1. The minimum atomic E-state index is -2.25. The van der Waals surface area contributed by atoms with E-state index in [4.69, 9.17) is 4.55 Å². The predicted molar refractivity (Wildman–Crippen MR) is 36.5 cm³/mol. The van der Waals surface area contributed by atoms with Crippen LogP contribution >= 0.6 is 0 Å². The fraction of sp³-hybridized carbons (Fsp3) is 0.400. The molecule has 0 saturated carbocycles. The third-order valence-electron chi connectivity index (χ3n) is 0.837. The van der Waals surface area contributed by atoms with Gasteiger partial charge >= 0.3 is 5.97 Å². The molecule has 0 aromatic rings. The third kappa shape index (κ3) is 2.28. The number of hydrogen-bond donors (Lipinski definition) is 1. The van der Waals surface area contributed by atoms with Gasteiger partial charge in [0.25, 0.3) is 0 Å². The van der Waals surface area contributed by atoms with Gasteiger partial charge in [0.1, 0.15) is 4.91 Å². The first kappa shape index (κ1) is 9.32. The number of allylic oxidation sites excluding steroid dienone is 1. The molecule has 0 saturated heterocycles. The maximum Gasteiger partial charge on any atom is 0.349 e. The normalized spacial score (nSPS) is 14.5. The summed E-state index contributed by atoms with van der Waals surface area (Å²) in [6, 6.07) is 0. The zero-order valence-corrected chi connectivity index (χ0v) is 6.47. The topological polar surface area (TPSA) is 63.6 Å². The van der Waals surface area contributed by atoms with Gasteiger partial charge in [-0.05, 0) is 6.92 Å². The van der Waals surface area contributed by atoms with E-state index in [1.807, 2.05) is 0 Å². The number of methoxy groups -OCH3 is 1. The Morgan fingerprint density at radius 2 is 2.20 bits per heavy atom. The van der Waals surface area contributed by atoms with Crippen molar-refractivity contribution in [3.63, 3.8) is 0 Å². The van der Waals surface area contributed by atoms with Crippen LogP contribution in [0.5, 0.6) is 0 Å². The van der Waals surface area contributed by atoms with Crippen LogP contribution in [0, 0.1) is 0 Å². The van der Waals surface area contributed by atoms with Gasteiger partial charge in [-0.25, -0.2) is 9.00 Å². The van der Waals surface area contributed by atoms with Crippen molar-refractivity contribution in [1.82, 2.24) is 0 Å². The van der Waals surface area contributed by atoms with Crippen molar-refractivity contribution in [2.75, 3.05) is 7.11 Å². The van der Waals surface area contributed by atoms with Crippen LogP contribution < -0.4 is 0 Å². The van der Waals surface area contributed by atoms with E-state index in [-0.39, 0.29) is 4.91 Å². The molecule has 4 nitrogen and oxygen atoms in total. The first-order chi connectivity index (χ1) is 4.63. The molecule has 0 aliphatic carbocycles. The van der Waals surface area contributed by atoms with Crippen molar-refractivity contribution in [3.05, 3.63) is 11.0 Å². The summed E-state index contributed by atoms with van der Waals surface area (Å²) in [5.74, 6) is -0.775. The summed E-state index contributed by atoms with van der Waals surface area (Å²) in [6.45, 7) is 1.49. The monoisotopic (exact) mass is 164 g/mol. The lowest BCUT2D eigenvalue weighted by atomic mass is 10.5. The average Bonchev–Trinajstić information content (AvgIpc) is 1.88. The molecule has 0 aliphatic rings. The fourth-order valence-electron chi connectivity index (χ4n) is 0.391. The molecule has 0 spiro atoms. The Hall–Kier alpha value is -0.680. The molecule has 0 radical (unpaired) electrons. The summed E-state index contributed by atoms with van der Waals surface area (Å²) >= 11 is -2.25. The molecule has 10 heavy (non-hydrogen) atoms. The quantitative estimate of drug-likeness (QED) is 0.362. The Kier molecular flexibility index (Phi) is 3.90. The molecule has 0 aromatic carbocycles. The van der Waals surface area contributed by atoms with Crippen molar-refractivity contribution in [1.29, 1.82) is 0 Å². The van der Waals surface area contributed by atoms with Crippen LogP contribution in [-0.2, 0) is 20.6 Å². The summed E-state index contributed by atoms with van der Waals surface area (Å²) in [5.41, 5.74) is 0. The lowest BCUT2D eigenvalue weighted by molar-refractivity contribution is -0.135. The SMILES string of the molecule is CC=C(C(=O)OC)S(=O)O. The molecular weight excluding hydrogens is 156 g/mol. The standard InChI is InChI=1S/C5H8O4S/c1-3-4(10(7)8)5(6)9-2/h3H,1-2H3,(H,7,8). The average molecular weight is 164 g/mol. The van der Waals surface area contributed by atoms with Crippen LogP contribution in [0.2, 0.25) is 0 Å². The van der Waals surface area contributed by atoms with Crippen molar-refractivity contribution >= 4 is 17.0 Å². The molecule has 1 atom stereocenters. The molecular formula is C5H8O4S. The minimum absolute atomic E-state index is 0.234. The molecule has 0 rings (SSSR count). The highest BCUT2D eigenvalue weighted by atomic mass is 32.2. The predicted octanol–water partition coefficient (Wildman–Crippen LogP) is 0.285. The fourth-order valence-corrected chi connectivity index (χ4v) is 0.818. The highest BCUT2D eigenvalue weighted by Gasteiger charge is 2.13.